The Morgan fingerprint density at radius 2 is 1.68 bits per heavy atom. The first-order chi connectivity index (χ1) is 17.8. The first-order valence-electron chi connectivity index (χ1n) is 12.2. The van der Waals surface area contributed by atoms with Crippen LogP contribution in [0.4, 0.5) is 5.69 Å². The topological polar surface area (TPSA) is 81.5 Å². The van der Waals surface area contributed by atoms with Crippen LogP contribution in [0.15, 0.2) is 102 Å². The SMILES string of the molecule is COc1ccc(C2C=C(c3ccccc3)NC3=C2C(=O)/C(=C\c2ccc([N+](=O)[O-])cc2)C(C)(C)C3)cc1. The molecular weight excluding hydrogens is 464 g/mol. The molecule has 1 aliphatic heterocycles. The zero-order valence-corrected chi connectivity index (χ0v) is 21.0. The monoisotopic (exact) mass is 492 g/mol. The number of methoxy groups -OCH3 is 1. The molecule has 1 N–H and O–H groups in total. The molecule has 0 aromatic heterocycles. The molecule has 0 saturated carbocycles. The summed E-state index contributed by atoms with van der Waals surface area (Å²) in [5.41, 5.74) is 5.75. The molecule has 6 heteroatoms. The van der Waals surface area contributed by atoms with Gasteiger partial charge in [0.1, 0.15) is 5.75 Å². The van der Waals surface area contributed by atoms with Crippen LogP contribution in [0.2, 0.25) is 0 Å². The standard InChI is InChI=1S/C31H28N2O4/c1-31(2)19-28-29(30(34)26(31)17-20-9-13-23(14-10-20)33(35)36)25(21-11-15-24(37-3)16-12-21)18-27(32-28)22-7-5-4-6-8-22/h4-18,25,32H,19H2,1-3H3/b26-17+. The molecule has 0 amide bonds. The summed E-state index contributed by atoms with van der Waals surface area (Å²) in [5.74, 6) is 0.511. The lowest BCUT2D eigenvalue weighted by Gasteiger charge is -2.40. The van der Waals surface area contributed by atoms with E-state index >= 15 is 0 Å². The smallest absolute Gasteiger partial charge is 0.269 e. The summed E-state index contributed by atoms with van der Waals surface area (Å²) in [5, 5.41) is 14.6. The molecule has 0 radical (unpaired) electrons. The normalized spacial score (nSPS) is 19.6. The summed E-state index contributed by atoms with van der Waals surface area (Å²) < 4.78 is 5.35. The van der Waals surface area contributed by atoms with Gasteiger partial charge in [0.15, 0.2) is 5.78 Å². The lowest BCUT2D eigenvalue weighted by molar-refractivity contribution is -0.384. The Hall–Kier alpha value is -4.45. The number of carbonyl (C=O) groups excluding carboxylic acids is 1. The summed E-state index contributed by atoms with van der Waals surface area (Å²) in [6.45, 7) is 4.13. The van der Waals surface area contributed by atoms with Crippen LogP contribution in [0.25, 0.3) is 11.8 Å². The predicted octanol–water partition coefficient (Wildman–Crippen LogP) is 6.67. The molecule has 3 aromatic rings. The maximum absolute atomic E-state index is 14.2. The Kier molecular flexibility index (Phi) is 6.25. The molecule has 0 saturated heterocycles. The van der Waals surface area contributed by atoms with Crippen LogP contribution in [0.5, 0.6) is 5.75 Å². The van der Waals surface area contributed by atoms with Crippen molar-refractivity contribution in [3.8, 4) is 5.75 Å². The van der Waals surface area contributed by atoms with E-state index in [0.717, 1.165) is 39.4 Å². The number of dihydropyridines is 1. The molecule has 0 fully saturated rings. The average Bonchev–Trinajstić information content (AvgIpc) is 2.91. The van der Waals surface area contributed by atoms with Crippen molar-refractivity contribution in [2.75, 3.05) is 7.11 Å². The van der Waals surface area contributed by atoms with Crippen molar-refractivity contribution >= 4 is 23.2 Å². The molecule has 3 aromatic carbocycles. The molecule has 37 heavy (non-hydrogen) atoms. The van der Waals surface area contributed by atoms with Crippen LogP contribution >= 0.6 is 0 Å². The van der Waals surface area contributed by atoms with Gasteiger partial charge in [0.05, 0.1) is 12.0 Å². The Labute approximate surface area is 216 Å². The number of rotatable bonds is 5. The van der Waals surface area contributed by atoms with Gasteiger partial charge < -0.3 is 10.1 Å². The molecule has 186 valence electrons. The summed E-state index contributed by atoms with van der Waals surface area (Å²) >= 11 is 0. The number of hydrogen-bond donors (Lipinski definition) is 1. The number of ketones is 1. The lowest BCUT2D eigenvalue weighted by Crippen LogP contribution is -2.37. The van der Waals surface area contributed by atoms with Crippen LogP contribution in [-0.4, -0.2) is 17.8 Å². The van der Waals surface area contributed by atoms with E-state index in [1.807, 2.05) is 48.5 Å². The number of ether oxygens (including phenoxy) is 1. The molecule has 1 aliphatic carbocycles. The van der Waals surface area contributed by atoms with Crippen molar-refractivity contribution in [1.82, 2.24) is 5.32 Å². The molecule has 6 nitrogen and oxygen atoms in total. The third kappa shape index (κ3) is 4.70. The van der Waals surface area contributed by atoms with Crippen molar-refractivity contribution in [3.63, 3.8) is 0 Å². The molecule has 0 spiro atoms. The number of allylic oxidation sites excluding steroid dienone is 4. The predicted molar refractivity (Wildman–Crippen MR) is 145 cm³/mol. The van der Waals surface area contributed by atoms with Crippen molar-refractivity contribution in [2.45, 2.75) is 26.2 Å². The van der Waals surface area contributed by atoms with Gasteiger partial charge in [-0.2, -0.15) is 0 Å². The molecule has 0 bridgehead atoms. The Morgan fingerprint density at radius 1 is 1.00 bits per heavy atom. The molecule has 1 unspecified atom stereocenters. The van der Waals surface area contributed by atoms with E-state index in [1.165, 1.54) is 12.1 Å². The highest BCUT2D eigenvalue weighted by Crippen LogP contribution is 2.48. The van der Waals surface area contributed by atoms with E-state index < -0.39 is 10.3 Å². The average molecular weight is 493 g/mol. The molecule has 2 aliphatic rings. The number of nitrogens with one attached hydrogen (secondary N) is 1. The highest BCUT2D eigenvalue weighted by molar-refractivity contribution is 6.15. The second-order valence-electron chi connectivity index (χ2n) is 10.0. The van der Waals surface area contributed by atoms with Gasteiger partial charge in [-0.15, -0.1) is 0 Å². The van der Waals surface area contributed by atoms with Crippen LogP contribution in [0, 0.1) is 15.5 Å². The summed E-state index contributed by atoms with van der Waals surface area (Å²) in [6, 6.07) is 24.3. The molecular formula is C31H28N2O4. The fourth-order valence-electron chi connectivity index (χ4n) is 5.10. The van der Waals surface area contributed by atoms with Gasteiger partial charge in [-0.3, -0.25) is 14.9 Å². The minimum atomic E-state index is -0.436. The number of Topliss-reactive ketones (excluding diaryl/α,β-unsaturated/α-hetero) is 1. The van der Waals surface area contributed by atoms with E-state index in [9.17, 15) is 14.9 Å². The minimum absolute atomic E-state index is 0.0127. The maximum Gasteiger partial charge on any atom is 0.269 e. The second-order valence-corrected chi connectivity index (χ2v) is 10.0. The van der Waals surface area contributed by atoms with Gasteiger partial charge in [0, 0.05) is 40.6 Å². The van der Waals surface area contributed by atoms with Gasteiger partial charge in [-0.25, -0.2) is 0 Å². The van der Waals surface area contributed by atoms with Gasteiger partial charge in [-0.05, 0) is 64.9 Å². The minimum Gasteiger partial charge on any atom is -0.497 e. The maximum atomic E-state index is 14.2. The summed E-state index contributed by atoms with van der Waals surface area (Å²) in [6.07, 6.45) is 4.65. The number of benzene rings is 3. The third-order valence-corrected chi connectivity index (χ3v) is 7.07. The van der Waals surface area contributed by atoms with Crippen LogP contribution in [0.3, 0.4) is 0 Å². The fourth-order valence-corrected chi connectivity index (χ4v) is 5.10. The number of carbonyl (C=O) groups is 1. The van der Waals surface area contributed by atoms with E-state index in [2.05, 4.69) is 37.4 Å². The molecule has 1 heterocycles. The van der Waals surface area contributed by atoms with Crippen molar-refractivity contribution in [1.29, 1.82) is 0 Å². The van der Waals surface area contributed by atoms with E-state index in [4.69, 9.17) is 4.74 Å². The summed E-state index contributed by atoms with van der Waals surface area (Å²) in [4.78, 5) is 24.8. The zero-order valence-electron chi connectivity index (χ0n) is 21.0. The molecule has 5 rings (SSSR count). The Balaban J connectivity index is 1.60. The first-order valence-corrected chi connectivity index (χ1v) is 12.2. The lowest BCUT2D eigenvalue weighted by atomic mass is 9.67. The second kappa shape index (κ2) is 9.54. The van der Waals surface area contributed by atoms with Gasteiger partial charge >= 0.3 is 0 Å². The highest BCUT2D eigenvalue weighted by Gasteiger charge is 2.42. The van der Waals surface area contributed by atoms with Crippen LogP contribution in [-0.2, 0) is 4.79 Å². The number of nitro groups is 1. The van der Waals surface area contributed by atoms with Crippen LogP contribution < -0.4 is 10.1 Å². The quantitative estimate of drug-likeness (QED) is 0.244. The Morgan fingerprint density at radius 3 is 2.30 bits per heavy atom. The first kappa shape index (κ1) is 24.3. The van der Waals surface area contributed by atoms with E-state index in [0.29, 0.717) is 12.0 Å². The van der Waals surface area contributed by atoms with Crippen molar-refractivity contribution in [3.05, 3.63) is 129 Å². The van der Waals surface area contributed by atoms with Gasteiger partial charge in [-0.1, -0.05) is 56.3 Å². The highest BCUT2D eigenvalue weighted by atomic mass is 16.6. The molecule has 1 atom stereocenters. The van der Waals surface area contributed by atoms with Crippen molar-refractivity contribution < 1.29 is 14.5 Å². The Bertz CT molecular complexity index is 1450. The number of nitro benzene ring substituents is 1. The zero-order chi connectivity index (χ0) is 26.2. The van der Waals surface area contributed by atoms with Gasteiger partial charge in [0.25, 0.3) is 5.69 Å². The van der Waals surface area contributed by atoms with Gasteiger partial charge in [0.2, 0.25) is 0 Å². The largest absolute Gasteiger partial charge is 0.497 e. The number of nitrogens with zero attached hydrogens (tertiary/aromatic N) is 1. The summed E-state index contributed by atoms with van der Waals surface area (Å²) in [7, 11) is 1.63. The fraction of sp³-hybridized carbons (Fsp3) is 0.194. The van der Waals surface area contributed by atoms with Crippen LogP contribution in [0.1, 0.15) is 42.9 Å². The van der Waals surface area contributed by atoms with E-state index in [-0.39, 0.29) is 17.4 Å². The van der Waals surface area contributed by atoms with Crippen molar-refractivity contribution in [2.24, 2.45) is 5.41 Å². The van der Waals surface area contributed by atoms with E-state index in [1.54, 1.807) is 19.2 Å². The third-order valence-electron chi connectivity index (χ3n) is 7.07. The number of non-ortho nitro benzene ring substituents is 1. The number of hydrogen-bond acceptors (Lipinski definition) is 5.